The number of carbonyl (C=O) groups excluding carboxylic acids is 2. The first-order chi connectivity index (χ1) is 16.5. The molecule has 0 spiro atoms. The highest BCUT2D eigenvalue weighted by molar-refractivity contribution is 5.84. The average molecular weight is 461 g/mol. The van der Waals surface area contributed by atoms with Crippen molar-refractivity contribution in [3.63, 3.8) is 0 Å². The van der Waals surface area contributed by atoms with Gasteiger partial charge < -0.3 is 20.5 Å². The number of nitrogens with one attached hydrogen (secondary N) is 2. The van der Waals surface area contributed by atoms with Gasteiger partial charge in [-0.1, -0.05) is 48.5 Å². The molecule has 0 heterocycles. The monoisotopic (exact) mass is 460 g/mol. The highest BCUT2D eigenvalue weighted by atomic mass is 16.5. The second kappa shape index (κ2) is 10.4. The van der Waals surface area contributed by atoms with Crippen molar-refractivity contribution in [2.24, 2.45) is 5.92 Å². The zero-order valence-corrected chi connectivity index (χ0v) is 18.8. The first-order valence-corrected chi connectivity index (χ1v) is 11.5. The molecule has 1 saturated carbocycles. The lowest BCUT2D eigenvalue weighted by molar-refractivity contribution is -0.141. The Labute approximate surface area is 198 Å². The van der Waals surface area contributed by atoms with Gasteiger partial charge in [0.05, 0.1) is 0 Å². The van der Waals surface area contributed by atoms with Crippen molar-refractivity contribution in [3.05, 3.63) is 59.7 Å². The number of carboxylic acids is 1. The van der Waals surface area contributed by atoms with Crippen LogP contribution in [0.25, 0.3) is 11.1 Å². The molecule has 1 fully saturated rings. The molecule has 4 rings (SSSR count). The fourth-order valence-corrected chi connectivity index (χ4v) is 5.03. The maximum atomic E-state index is 12.5. The Balaban J connectivity index is 1.25. The van der Waals surface area contributed by atoms with Gasteiger partial charge in [0.25, 0.3) is 0 Å². The molecule has 2 aromatic rings. The topological polar surface area (TPSA) is 105 Å². The van der Waals surface area contributed by atoms with E-state index in [0.717, 1.165) is 24.0 Å². The average Bonchev–Trinajstić information content (AvgIpc) is 3.39. The molecule has 7 heteroatoms. The predicted molar refractivity (Wildman–Crippen MR) is 127 cm³/mol. The molecular weight excluding hydrogens is 432 g/mol. The van der Waals surface area contributed by atoms with Gasteiger partial charge in [0.15, 0.2) is 0 Å². The number of rotatable bonds is 8. The summed E-state index contributed by atoms with van der Waals surface area (Å²) < 4.78 is 5.61. The number of benzene rings is 2. The Hall–Kier alpha value is -3.79. The van der Waals surface area contributed by atoms with Crippen molar-refractivity contribution >= 4 is 18.0 Å². The normalized spacial score (nSPS) is 19.4. The summed E-state index contributed by atoms with van der Waals surface area (Å²) >= 11 is 0. The number of hydrogen-bond acceptors (Lipinski definition) is 4. The van der Waals surface area contributed by atoms with Gasteiger partial charge in [0.1, 0.15) is 12.6 Å². The maximum absolute atomic E-state index is 12.5. The van der Waals surface area contributed by atoms with Crippen LogP contribution >= 0.6 is 0 Å². The van der Waals surface area contributed by atoms with Gasteiger partial charge in [-0.2, -0.15) is 0 Å². The Morgan fingerprint density at radius 1 is 1.06 bits per heavy atom. The third-order valence-corrected chi connectivity index (χ3v) is 6.64. The number of hydrogen-bond donors (Lipinski definition) is 3. The van der Waals surface area contributed by atoms with Crippen molar-refractivity contribution in [2.45, 2.75) is 50.1 Å². The van der Waals surface area contributed by atoms with E-state index in [4.69, 9.17) is 16.3 Å². The van der Waals surface area contributed by atoms with E-state index in [2.05, 4.69) is 40.8 Å². The molecule has 3 atom stereocenters. The van der Waals surface area contributed by atoms with Crippen LogP contribution in [0.4, 0.5) is 4.79 Å². The molecule has 176 valence electrons. The van der Waals surface area contributed by atoms with Crippen LogP contribution in [0.1, 0.15) is 49.1 Å². The number of alkyl carbamates (subject to hydrolysis) is 1. The molecule has 7 nitrogen and oxygen atoms in total. The van der Waals surface area contributed by atoms with Crippen molar-refractivity contribution in [1.82, 2.24) is 10.6 Å². The summed E-state index contributed by atoms with van der Waals surface area (Å²) in [6.45, 7) is 0.254. The molecule has 0 radical (unpaired) electrons. The standard InChI is InChI=1S/C27H28N2O5/c1-2-7-24(26(31)32)29-25(30)15-17-12-13-18(14-17)28-27(33)34-16-23-21-10-5-3-8-19(21)20-9-4-6-11-22(20)23/h1,3-6,8-11,17-18,23-24H,7,12-16H2,(H,28,33)(H,29,30)(H,31,32)/t17-,18+,24?/m0/s1. The van der Waals surface area contributed by atoms with Crippen molar-refractivity contribution in [1.29, 1.82) is 0 Å². The van der Waals surface area contributed by atoms with E-state index in [1.807, 2.05) is 24.3 Å². The van der Waals surface area contributed by atoms with Crippen LogP contribution < -0.4 is 10.6 Å². The summed E-state index contributed by atoms with van der Waals surface area (Å²) in [5, 5.41) is 14.5. The second-order valence-corrected chi connectivity index (χ2v) is 8.92. The lowest BCUT2D eigenvalue weighted by Crippen LogP contribution is -2.41. The molecule has 2 aromatic carbocycles. The molecule has 1 unspecified atom stereocenters. The van der Waals surface area contributed by atoms with Crippen molar-refractivity contribution in [3.8, 4) is 23.5 Å². The number of ether oxygens (including phenoxy) is 1. The first-order valence-electron chi connectivity index (χ1n) is 11.5. The number of carboxylic acid groups (broad SMARTS) is 1. The summed E-state index contributed by atoms with van der Waals surface area (Å²) in [7, 11) is 0. The lowest BCUT2D eigenvalue weighted by Gasteiger charge is -2.17. The van der Waals surface area contributed by atoms with Crippen LogP contribution in [-0.4, -0.2) is 41.8 Å². The second-order valence-electron chi connectivity index (χ2n) is 8.92. The number of carbonyl (C=O) groups is 3. The zero-order chi connectivity index (χ0) is 24.1. The molecule has 2 aliphatic rings. The van der Waals surface area contributed by atoms with Gasteiger partial charge in [-0.05, 0) is 47.4 Å². The highest BCUT2D eigenvalue weighted by Crippen LogP contribution is 2.44. The molecule has 2 aliphatic carbocycles. The largest absolute Gasteiger partial charge is 0.480 e. The Bertz CT molecular complexity index is 1080. The predicted octanol–water partition coefficient (Wildman–Crippen LogP) is 3.68. The van der Waals surface area contributed by atoms with Gasteiger partial charge >= 0.3 is 12.1 Å². The van der Waals surface area contributed by atoms with Crippen molar-refractivity contribution < 1.29 is 24.2 Å². The number of terminal acetylenes is 1. The first kappa shape index (κ1) is 23.4. The minimum absolute atomic E-state index is 0.00311. The third kappa shape index (κ3) is 5.23. The van der Waals surface area contributed by atoms with Gasteiger partial charge in [-0.15, -0.1) is 12.3 Å². The summed E-state index contributed by atoms with van der Waals surface area (Å²) in [4.78, 5) is 35.9. The summed E-state index contributed by atoms with van der Waals surface area (Å²) in [5.74, 6) is 0.851. The van der Waals surface area contributed by atoms with Crippen LogP contribution in [0, 0.1) is 18.3 Å². The summed E-state index contributed by atoms with van der Waals surface area (Å²) in [5.41, 5.74) is 4.67. The number of fused-ring (bicyclic) bond motifs is 3. The minimum atomic E-state index is -1.15. The summed E-state index contributed by atoms with van der Waals surface area (Å²) in [6, 6.07) is 15.2. The fraction of sp³-hybridized carbons (Fsp3) is 0.370. The quantitative estimate of drug-likeness (QED) is 0.522. The SMILES string of the molecule is C#CCC(NC(=O)C[C@H]1CC[C@@H](NC(=O)OCC2c3ccccc3-c3ccccc32)C1)C(=O)O. The Kier molecular flexibility index (Phi) is 7.17. The van der Waals surface area contributed by atoms with Gasteiger partial charge in [-0.3, -0.25) is 4.79 Å². The lowest BCUT2D eigenvalue weighted by atomic mass is 9.98. The van der Waals surface area contributed by atoms with Gasteiger partial charge in [-0.25, -0.2) is 9.59 Å². The van der Waals surface area contributed by atoms with Crippen LogP contribution in [0.2, 0.25) is 0 Å². The molecule has 0 bridgehead atoms. The molecule has 3 N–H and O–H groups in total. The van der Waals surface area contributed by atoms with E-state index in [1.165, 1.54) is 11.1 Å². The van der Waals surface area contributed by atoms with E-state index in [-0.39, 0.29) is 43.2 Å². The van der Waals surface area contributed by atoms with Gasteiger partial charge in [0.2, 0.25) is 5.91 Å². The number of aliphatic carboxylic acids is 1. The molecule has 0 aliphatic heterocycles. The van der Waals surface area contributed by atoms with Gasteiger partial charge in [0, 0.05) is 24.8 Å². The van der Waals surface area contributed by atoms with Crippen molar-refractivity contribution in [2.75, 3.05) is 6.61 Å². The Morgan fingerprint density at radius 3 is 2.32 bits per heavy atom. The third-order valence-electron chi connectivity index (χ3n) is 6.64. The van der Waals surface area contributed by atoms with E-state index in [0.29, 0.717) is 6.42 Å². The van der Waals surface area contributed by atoms with E-state index in [9.17, 15) is 14.4 Å². The van der Waals surface area contributed by atoms with E-state index >= 15 is 0 Å². The number of amides is 2. The molecule has 2 amide bonds. The van der Waals surface area contributed by atoms with Crippen LogP contribution in [-0.2, 0) is 14.3 Å². The molecule has 0 saturated heterocycles. The zero-order valence-electron chi connectivity index (χ0n) is 18.8. The van der Waals surface area contributed by atoms with Crippen LogP contribution in [0.3, 0.4) is 0 Å². The Morgan fingerprint density at radius 2 is 1.71 bits per heavy atom. The highest BCUT2D eigenvalue weighted by Gasteiger charge is 2.31. The molecule has 34 heavy (non-hydrogen) atoms. The van der Waals surface area contributed by atoms with Crippen LogP contribution in [0.5, 0.6) is 0 Å². The minimum Gasteiger partial charge on any atom is -0.480 e. The maximum Gasteiger partial charge on any atom is 0.407 e. The van der Waals surface area contributed by atoms with E-state index < -0.39 is 18.1 Å². The van der Waals surface area contributed by atoms with E-state index in [1.54, 1.807) is 0 Å². The molecule has 0 aromatic heterocycles. The smallest absolute Gasteiger partial charge is 0.407 e. The van der Waals surface area contributed by atoms with Crippen LogP contribution in [0.15, 0.2) is 48.5 Å². The fourth-order valence-electron chi connectivity index (χ4n) is 5.03. The molecular formula is C27H28N2O5. The summed E-state index contributed by atoms with van der Waals surface area (Å²) in [6.07, 6.45) is 7.01.